The molecule has 4 nitrogen and oxygen atoms in total. The topological polar surface area (TPSA) is 63.0 Å². The van der Waals surface area contributed by atoms with Crippen LogP contribution in [0.3, 0.4) is 0 Å². The van der Waals surface area contributed by atoms with E-state index in [2.05, 4.69) is 9.72 Å². The van der Waals surface area contributed by atoms with Gasteiger partial charge in [-0.15, -0.1) is 0 Å². The number of pyridine rings is 1. The van der Waals surface area contributed by atoms with Gasteiger partial charge in [-0.05, 0) is 6.92 Å². The van der Waals surface area contributed by atoms with Crippen molar-refractivity contribution in [2.24, 2.45) is 0 Å². The van der Waals surface area contributed by atoms with E-state index in [9.17, 15) is 13.6 Å². The van der Waals surface area contributed by atoms with Crippen molar-refractivity contribution in [2.75, 3.05) is 6.61 Å². The molecule has 1 aromatic rings. The number of carbonyl (C=O) groups is 1. The molecule has 0 saturated carbocycles. The van der Waals surface area contributed by atoms with Gasteiger partial charge in [0.05, 0.1) is 17.2 Å². The van der Waals surface area contributed by atoms with Crippen molar-refractivity contribution in [3.63, 3.8) is 0 Å². The highest BCUT2D eigenvalue weighted by atomic mass is 35.5. The molecule has 17 heavy (non-hydrogen) atoms. The Morgan fingerprint density at radius 1 is 1.71 bits per heavy atom. The third-order valence-corrected chi connectivity index (χ3v) is 2.15. The first kappa shape index (κ1) is 13.3. The normalized spacial score (nSPS) is 10.1. The van der Waals surface area contributed by atoms with Crippen molar-refractivity contribution >= 4 is 17.6 Å². The highest BCUT2D eigenvalue weighted by Crippen LogP contribution is 2.28. The second-order valence-electron chi connectivity index (χ2n) is 2.87. The molecular formula is C10H7ClF2N2O2. The van der Waals surface area contributed by atoms with Crippen LogP contribution in [0.15, 0.2) is 6.20 Å². The van der Waals surface area contributed by atoms with E-state index in [4.69, 9.17) is 16.9 Å². The molecule has 0 amide bonds. The summed E-state index contributed by atoms with van der Waals surface area (Å²) in [4.78, 5) is 14.9. The number of rotatable bonds is 3. The number of hydrogen-bond donors (Lipinski definition) is 0. The standard InChI is InChI=1S/C10H7ClF2N2O2/c1-2-17-10(16)7-5(3-14)6(11)4-15-8(7)9(12)13/h4,9H,2H2,1H3. The molecule has 1 aromatic heterocycles. The lowest BCUT2D eigenvalue weighted by Crippen LogP contribution is -2.13. The third-order valence-electron chi connectivity index (χ3n) is 1.86. The number of carbonyl (C=O) groups excluding carboxylic acids is 1. The van der Waals surface area contributed by atoms with Crippen LogP contribution in [-0.4, -0.2) is 17.6 Å². The number of nitrogens with zero attached hydrogens (tertiary/aromatic N) is 2. The van der Waals surface area contributed by atoms with Gasteiger partial charge in [-0.3, -0.25) is 4.98 Å². The summed E-state index contributed by atoms with van der Waals surface area (Å²) in [6.45, 7) is 1.52. The van der Waals surface area contributed by atoms with Crippen LogP contribution >= 0.6 is 11.6 Å². The molecule has 7 heteroatoms. The first-order chi connectivity index (χ1) is 8.02. The van der Waals surface area contributed by atoms with Gasteiger partial charge < -0.3 is 4.74 Å². The molecule has 0 saturated heterocycles. The fourth-order valence-electron chi connectivity index (χ4n) is 1.19. The zero-order chi connectivity index (χ0) is 13.0. The van der Waals surface area contributed by atoms with E-state index in [1.165, 1.54) is 6.92 Å². The summed E-state index contributed by atoms with van der Waals surface area (Å²) in [5.41, 5.74) is -1.73. The van der Waals surface area contributed by atoms with E-state index in [0.717, 1.165) is 6.20 Å². The molecule has 1 rings (SSSR count). The summed E-state index contributed by atoms with van der Waals surface area (Å²) in [6, 6.07) is 1.59. The Morgan fingerprint density at radius 2 is 2.35 bits per heavy atom. The molecule has 0 atom stereocenters. The third kappa shape index (κ3) is 2.68. The Hall–Kier alpha value is -1.74. The van der Waals surface area contributed by atoms with E-state index >= 15 is 0 Å². The van der Waals surface area contributed by atoms with E-state index < -0.39 is 23.7 Å². The number of aromatic nitrogens is 1. The van der Waals surface area contributed by atoms with Crippen molar-refractivity contribution in [1.29, 1.82) is 5.26 Å². The summed E-state index contributed by atoms with van der Waals surface area (Å²) in [5, 5.41) is 8.64. The molecule has 0 aliphatic rings. The van der Waals surface area contributed by atoms with Gasteiger partial charge in [0.2, 0.25) is 0 Å². The van der Waals surface area contributed by atoms with Gasteiger partial charge in [0.1, 0.15) is 17.3 Å². The van der Waals surface area contributed by atoms with Crippen LogP contribution in [0.5, 0.6) is 0 Å². The van der Waals surface area contributed by atoms with Gasteiger partial charge in [0.25, 0.3) is 6.43 Å². The zero-order valence-corrected chi connectivity index (χ0v) is 9.46. The fraction of sp³-hybridized carbons (Fsp3) is 0.300. The van der Waals surface area contributed by atoms with Crippen molar-refractivity contribution < 1.29 is 18.3 Å². The van der Waals surface area contributed by atoms with Crippen molar-refractivity contribution in [3.05, 3.63) is 28.0 Å². The lowest BCUT2D eigenvalue weighted by atomic mass is 10.1. The van der Waals surface area contributed by atoms with Gasteiger partial charge >= 0.3 is 5.97 Å². The molecule has 0 N–H and O–H groups in total. The van der Waals surface area contributed by atoms with Gasteiger partial charge in [-0.25, -0.2) is 13.6 Å². The van der Waals surface area contributed by atoms with Crippen molar-refractivity contribution in [1.82, 2.24) is 4.98 Å². The summed E-state index contributed by atoms with van der Waals surface area (Å²) in [6.07, 6.45) is -2.08. The molecular weight excluding hydrogens is 254 g/mol. The highest BCUT2D eigenvalue weighted by molar-refractivity contribution is 6.32. The Bertz CT molecular complexity index is 486. The average molecular weight is 261 g/mol. The van der Waals surface area contributed by atoms with Crippen LogP contribution in [0.4, 0.5) is 8.78 Å². The minimum atomic E-state index is -2.99. The molecule has 0 aromatic carbocycles. The minimum Gasteiger partial charge on any atom is -0.462 e. The monoisotopic (exact) mass is 260 g/mol. The highest BCUT2D eigenvalue weighted by Gasteiger charge is 2.26. The van der Waals surface area contributed by atoms with E-state index in [1.807, 2.05) is 0 Å². The molecule has 0 fully saturated rings. The maximum Gasteiger partial charge on any atom is 0.341 e. The van der Waals surface area contributed by atoms with Crippen LogP contribution in [0.2, 0.25) is 5.02 Å². The van der Waals surface area contributed by atoms with Gasteiger partial charge in [0, 0.05) is 6.20 Å². The Morgan fingerprint density at radius 3 is 2.82 bits per heavy atom. The SMILES string of the molecule is CCOC(=O)c1c(C(F)F)ncc(Cl)c1C#N. The molecule has 0 radical (unpaired) electrons. The lowest BCUT2D eigenvalue weighted by molar-refractivity contribution is 0.0513. The second kappa shape index (κ2) is 5.55. The molecule has 1 heterocycles. The van der Waals surface area contributed by atoms with Crippen molar-refractivity contribution in [3.8, 4) is 6.07 Å². The number of halogens is 3. The largest absolute Gasteiger partial charge is 0.462 e. The van der Waals surface area contributed by atoms with Crippen LogP contribution in [-0.2, 0) is 4.74 Å². The maximum absolute atomic E-state index is 12.7. The quantitative estimate of drug-likeness (QED) is 0.784. The number of alkyl halides is 2. The summed E-state index contributed by atoms with van der Waals surface area (Å²) >= 11 is 5.61. The molecule has 0 spiro atoms. The van der Waals surface area contributed by atoms with Crippen LogP contribution in [0.1, 0.15) is 35.0 Å². The zero-order valence-electron chi connectivity index (χ0n) is 8.71. The molecule has 0 bridgehead atoms. The Balaban J connectivity index is 3.45. The maximum atomic E-state index is 12.7. The van der Waals surface area contributed by atoms with Gasteiger partial charge in [-0.1, -0.05) is 11.6 Å². The lowest BCUT2D eigenvalue weighted by Gasteiger charge is -2.09. The predicted octanol–water partition coefficient (Wildman–Crippen LogP) is 2.72. The number of ether oxygens (including phenoxy) is 1. The van der Waals surface area contributed by atoms with Crippen LogP contribution in [0.25, 0.3) is 0 Å². The van der Waals surface area contributed by atoms with E-state index in [0.29, 0.717) is 0 Å². The van der Waals surface area contributed by atoms with Crippen molar-refractivity contribution in [2.45, 2.75) is 13.3 Å². The van der Waals surface area contributed by atoms with Gasteiger partial charge in [-0.2, -0.15) is 5.26 Å². The van der Waals surface area contributed by atoms with E-state index in [-0.39, 0.29) is 17.2 Å². The summed E-state index contributed by atoms with van der Waals surface area (Å²) < 4.78 is 29.9. The van der Waals surface area contributed by atoms with Crippen LogP contribution < -0.4 is 0 Å². The predicted molar refractivity (Wildman–Crippen MR) is 54.9 cm³/mol. The first-order valence-corrected chi connectivity index (χ1v) is 4.94. The smallest absolute Gasteiger partial charge is 0.341 e. The molecule has 0 unspecified atom stereocenters. The molecule has 0 aliphatic carbocycles. The number of nitriles is 1. The van der Waals surface area contributed by atoms with E-state index in [1.54, 1.807) is 6.07 Å². The number of hydrogen-bond acceptors (Lipinski definition) is 4. The Kier molecular flexibility index (Phi) is 4.35. The summed E-state index contributed by atoms with van der Waals surface area (Å²) in [5.74, 6) is -1.03. The first-order valence-electron chi connectivity index (χ1n) is 4.56. The Labute approximate surface area is 101 Å². The van der Waals surface area contributed by atoms with Crippen LogP contribution in [0, 0.1) is 11.3 Å². The fourth-order valence-corrected chi connectivity index (χ4v) is 1.37. The number of esters is 1. The molecule has 90 valence electrons. The van der Waals surface area contributed by atoms with Gasteiger partial charge in [0.15, 0.2) is 0 Å². The average Bonchev–Trinajstić information content (AvgIpc) is 2.28. The minimum absolute atomic E-state index is 0.00110. The summed E-state index contributed by atoms with van der Waals surface area (Å²) in [7, 11) is 0. The molecule has 0 aliphatic heterocycles. The second-order valence-corrected chi connectivity index (χ2v) is 3.28.